The first-order valence-corrected chi connectivity index (χ1v) is 5.59. The molecule has 0 unspecified atom stereocenters. The van der Waals surface area contributed by atoms with Gasteiger partial charge < -0.3 is 19.8 Å². The number of piperidine rings is 1. The number of benzene rings is 1. The Morgan fingerprint density at radius 2 is 2.06 bits per heavy atom. The van der Waals surface area contributed by atoms with Gasteiger partial charge in [0.15, 0.2) is 0 Å². The predicted molar refractivity (Wildman–Crippen MR) is 61.4 cm³/mol. The van der Waals surface area contributed by atoms with Crippen LogP contribution in [0.1, 0.15) is 12.8 Å². The molecule has 1 aliphatic rings. The number of hydrogen-bond donors (Lipinski definition) is 2. The number of ether oxygens (including phenoxy) is 1. The van der Waals surface area contributed by atoms with Crippen LogP contribution in [0.15, 0.2) is 24.3 Å². The molecule has 5 nitrogen and oxygen atoms in total. The number of hydrogen-bond acceptors (Lipinski definition) is 3. The van der Waals surface area contributed by atoms with Crippen LogP contribution in [-0.2, 0) is 0 Å². The van der Waals surface area contributed by atoms with E-state index >= 15 is 0 Å². The average Bonchev–Trinajstić information content (AvgIpc) is 2.29. The number of rotatable bonds is 2. The third-order valence-corrected chi connectivity index (χ3v) is 2.83. The molecule has 1 heterocycles. The van der Waals surface area contributed by atoms with Crippen molar-refractivity contribution in [3.63, 3.8) is 0 Å². The van der Waals surface area contributed by atoms with E-state index in [1.165, 1.54) is 4.90 Å². The third-order valence-electron chi connectivity index (χ3n) is 2.83. The Morgan fingerprint density at radius 3 is 2.65 bits per heavy atom. The molecule has 1 aromatic carbocycles. The van der Waals surface area contributed by atoms with E-state index in [0.29, 0.717) is 31.7 Å². The van der Waals surface area contributed by atoms with Gasteiger partial charge in [-0.3, -0.25) is 0 Å². The minimum absolute atomic E-state index is 0.0207. The number of phenols is 1. The van der Waals surface area contributed by atoms with Gasteiger partial charge in [0.2, 0.25) is 0 Å². The zero-order valence-corrected chi connectivity index (χ0v) is 9.37. The average molecular weight is 237 g/mol. The number of nitrogens with zero attached hydrogens (tertiary/aromatic N) is 1. The zero-order chi connectivity index (χ0) is 12.3. The van der Waals surface area contributed by atoms with Crippen molar-refractivity contribution >= 4 is 6.09 Å². The highest BCUT2D eigenvalue weighted by Gasteiger charge is 2.23. The molecule has 2 N–H and O–H groups in total. The zero-order valence-electron chi connectivity index (χ0n) is 9.37. The maximum atomic E-state index is 10.7. The molecule has 1 fully saturated rings. The fourth-order valence-electron chi connectivity index (χ4n) is 1.91. The quantitative estimate of drug-likeness (QED) is 0.824. The minimum atomic E-state index is -0.874. The summed E-state index contributed by atoms with van der Waals surface area (Å²) >= 11 is 0. The van der Waals surface area contributed by atoms with Gasteiger partial charge in [-0.25, -0.2) is 4.79 Å². The van der Waals surface area contributed by atoms with Crippen molar-refractivity contribution in [2.75, 3.05) is 13.1 Å². The van der Waals surface area contributed by atoms with Gasteiger partial charge in [-0.2, -0.15) is 0 Å². The maximum Gasteiger partial charge on any atom is 0.407 e. The van der Waals surface area contributed by atoms with Crippen molar-refractivity contribution in [1.29, 1.82) is 0 Å². The van der Waals surface area contributed by atoms with E-state index < -0.39 is 6.09 Å². The van der Waals surface area contributed by atoms with Gasteiger partial charge in [-0.15, -0.1) is 0 Å². The van der Waals surface area contributed by atoms with Gasteiger partial charge in [-0.05, 0) is 12.1 Å². The summed E-state index contributed by atoms with van der Waals surface area (Å²) in [7, 11) is 0. The molecule has 0 saturated carbocycles. The van der Waals surface area contributed by atoms with E-state index in [1.807, 2.05) is 0 Å². The Balaban J connectivity index is 1.88. The van der Waals surface area contributed by atoms with Crippen molar-refractivity contribution in [2.24, 2.45) is 0 Å². The summed E-state index contributed by atoms with van der Waals surface area (Å²) in [6.45, 7) is 0.998. The number of amides is 1. The van der Waals surface area contributed by atoms with Crippen molar-refractivity contribution in [2.45, 2.75) is 18.9 Å². The molecule has 1 amide bonds. The second-order valence-electron chi connectivity index (χ2n) is 4.08. The van der Waals surface area contributed by atoms with Gasteiger partial charge in [0.05, 0.1) is 0 Å². The number of aromatic hydroxyl groups is 1. The molecule has 0 bridgehead atoms. The molecule has 2 rings (SSSR count). The number of carboxylic acid groups (broad SMARTS) is 1. The lowest BCUT2D eigenvalue weighted by molar-refractivity contribution is 0.0894. The standard InChI is InChI=1S/C12H15NO4/c14-9-2-1-3-11(8-9)17-10-4-6-13(7-5-10)12(15)16/h1-3,8,10,14H,4-7H2,(H,15,16). The Labute approximate surface area is 99.2 Å². The normalized spacial score (nSPS) is 16.8. The Hall–Kier alpha value is -1.91. The molecule has 0 spiro atoms. The van der Waals surface area contributed by atoms with Gasteiger partial charge in [-0.1, -0.05) is 6.07 Å². The van der Waals surface area contributed by atoms with E-state index in [0.717, 1.165) is 0 Å². The van der Waals surface area contributed by atoms with E-state index in [9.17, 15) is 9.90 Å². The van der Waals surface area contributed by atoms with E-state index in [2.05, 4.69) is 0 Å². The van der Waals surface area contributed by atoms with Gasteiger partial charge >= 0.3 is 6.09 Å². The first-order valence-electron chi connectivity index (χ1n) is 5.59. The second-order valence-corrected chi connectivity index (χ2v) is 4.08. The first kappa shape index (κ1) is 11.6. The highest BCUT2D eigenvalue weighted by Crippen LogP contribution is 2.22. The van der Waals surface area contributed by atoms with Crippen molar-refractivity contribution < 1.29 is 19.7 Å². The molecule has 1 aliphatic heterocycles. The molecule has 92 valence electrons. The highest BCUT2D eigenvalue weighted by molar-refractivity contribution is 5.65. The lowest BCUT2D eigenvalue weighted by Crippen LogP contribution is -2.41. The Morgan fingerprint density at radius 1 is 1.35 bits per heavy atom. The van der Waals surface area contributed by atoms with Crippen LogP contribution in [0.25, 0.3) is 0 Å². The van der Waals surface area contributed by atoms with Crippen LogP contribution < -0.4 is 4.74 Å². The maximum absolute atomic E-state index is 10.7. The van der Waals surface area contributed by atoms with E-state index in [4.69, 9.17) is 9.84 Å². The van der Waals surface area contributed by atoms with Crippen LogP contribution >= 0.6 is 0 Å². The summed E-state index contributed by atoms with van der Waals surface area (Å²) in [4.78, 5) is 12.1. The minimum Gasteiger partial charge on any atom is -0.508 e. The highest BCUT2D eigenvalue weighted by atomic mass is 16.5. The second kappa shape index (κ2) is 4.95. The van der Waals surface area contributed by atoms with Crippen LogP contribution in [0.3, 0.4) is 0 Å². The molecule has 0 aliphatic carbocycles. The Kier molecular flexibility index (Phi) is 3.37. The first-order chi connectivity index (χ1) is 8.15. The monoisotopic (exact) mass is 237 g/mol. The fraction of sp³-hybridized carbons (Fsp3) is 0.417. The molecule has 5 heteroatoms. The summed E-state index contributed by atoms with van der Waals surface area (Å²) in [6.07, 6.45) is 0.511. The van der Waals surface area contributed by atoms with Gasteiger partial charge in [0.1, 0.15) is 17.6 Å². The molecule has 1 aromatic rings. The number of carbonyl (C=O) groups is 1. The van der Waals surface area contributed by atoms with Crippen molar-refractivity contribution in [3.05, 3.63) is 24.3 Å². The molecular formula is C12H15NO4. The summed E-state index contributed by atoms with van der Waals surface area (Å²) in [5.74, 6) is 0.796. The molecule has 1 saturated heterocycles. The summed E-state index contributed by atoms with van der Waals surface area (Å²) < 4.78 is 5.68. The molecule has 17 heavy (non-hydrogen) atoms. The summed E-state index contributed by atoms with van der Waals surface area (Å²) in [5.41, 5.74) is 0. The van der Waals surface area contributed by atoms with Crippen LogP contribution in [0.5, 0.6) is 11.5 Å². The van der Waals surface area contributed by atoms with Crippen LogP contribution in [0, 0.1) is 0 Å². The Bertz CT molecular complexity index is 399. The predicted octanol–water partition coefficient (Wildman–Crippen LogP) is 1.91. The smallest absolute Gasteiger partial charge is 0.407 e. The van der Waals surface area contributed by atoms with Crippen LogP contribution in [0.2, 0.25) is 0 Å². The lowest BCUT2D eigenvalue weighted by atomic mass is 10.1. The summed E-state index contributed by atoms with van der Waals surface area (Å²) in [6, 6.07) is 6.64. The lowest BCUT2D eigenvalue weighted by Gasteiger charge is -2.30. The number of phenolic OH excluding ortho intramolecular Hbond substituents is 1. The number of likely N-dealkylation sites (tertiary alicyclic amines) is 1. The van der Waals surface area contributed by atoms with E-state index in [-0.39, 0.29) is 11.9 Å². The molecule has 0 radical (unpaired) electrons. The van der Waals surface area contributed by atoms with Crippen molar-refractivity contribution in [3.8, 4) is 11.5 Å². The molecule has 0 aromatic heterocycles. The molecular weight excluding hydrogens is 222 g/mol. The molecule has 0 atom stereocenters. The van der Waals surface area contributed by atoms with E-state index in [1.54, 1.807) is 24.3 Å². The van der Waals surface area contributed by atoms with Crippen molar-refractivity contribution in [1.82, 2.24) is 4.90 Å². The van der Waals surface area contributed by atoms with Gasteiger partial charge in [0.25, 0.3) is 0 Å². The topological polar surface area (TPSA) is 70.0 Å². The SMILES string of the molecule is O=C(O)N1CCC(Oc2cccc(O)c2)CC1. The van der Waals surface area contributed by atoms with Crippen LogP contribution in [-0.4, -0.2) is 40.4 Å². The summed E-state index contributed by atoms with van der Waals surface area (Å²) in [5, 5.41) is 18.1. The largest absolute Gasteiger partial charge is 0.508 e. The third kappa shape index (κ3) is 3.03. The van der Waals surface area contributed by atoms with Gasteiger partial charge in [0, 0.05) is 32.0 Å². The fourth-order valence-corrected chi connectivity index (χ4v) is 1.91. The van der Waals surface area contributed by atoms with Crippen LogP contribution in [0.4, 0.5) is 4.79 Å².